The second kappa shape index (κ2) is 14.0. The van der Waals surface area contributed by atoms with Gasteiger partial charge in [-0.25, -0.2) is 9.59 Å². The summed E-state index contributed by atoms with van der Waals surface area (Å²) in [7, 11) is 1.40. The highest BCUT2D eigenvalue weighted by Crippen LogP contribution is 2.25. The summed E-state index contributed by atoms with van der Waals surface area (Å²) >= 11 is 0. The molecule has 9 nitrogen and oxygen atoms in total. The van der Waals surface area contributed by atoms with Gasteiger partial charge >= 0.3 is 11.9 Å². The average molecular weight is 499 g/mol. The summed E-state index contributed by atoms with van der Waals surface area (Å²) in [6, 6.07) is 20.4. The number of piperidine rings is 1. The first-order valence-corrected chi connectivity index (χ1v) is 11.9. The van der Waals surface area contributed by atoms with E-state index in [1.165, 1.54) is 17.6 Å². The van der Waals surface area contributed by atoms with E-state index in [1.54, 1.807) is 0 Å². The van der Waals surface area contributed by atoms with Gasteiger partial charge < -0.3 is 30.0 Å². The molecule has 0 aromatic heterocycles. The van der Waals surface area contributed by atoms with Crippen molar-refractivity contribution < 1.29 is 39.0 Å². The Morgan fingerprint density at radius 2 is 1.56 bits per heavy atom. The van der Waals surface area contributed by atoms with Crippen molar-refractivity contribution in [2.45, 2.75) is 38.1 Å². The van der Waals surface area contributed by atoms with Crippen LogP contribution in [-0.4, -0.2) is 61.2 Å². The minimum atomic E-state index is -2.07. The molecule has 3 atom stereocenters. The number of carbonyl (C=O) groups excluding carboxylic acids is 3. The number of carbonyl (C=O) groups is 4. The van der Waals surface area contributed by atoms with Gasteiger partial charge in [-0.05, 0) is 17.5 Å². The van der Waals surface area contributed by atoms with Crippen molar-refractivity contribution in [3.05, 3.63) is 71.8 Å². The summed E-state index contributed by atoms with van der Waals surface area (Å²) in [4.78, 5) is 45.0. The fourth-order valence-corrected chi connectivity index (χ4v) is 4.46. The number of quaternary nitrogens is 1. The van der Waals surface area contributed by atoms with E-state index in [1.807, 2.05) is 36.4 Å². The van der Waals surface area contributed by atoms with Crippen LogP contribution in [0, 0.1) is 5.92 Å². The van der Waals surface area contributed by atoms with E-state index in [0.717, 1.165) is 31.6 Å². The SMILES string of the molecule is COC(=O)C1(NC(=O)CCc2ccccc2)CC[NH+](CCc2ccccc2)C[C@H]1C.O=C([O-])C(=O)O. The standard InChI is InChI=1S/C25H32N2O3.C2H2O4/c1-20-19-27(17-15-22-11-7-4-8-12-22)18-16-25(20,24(29)30-2)26-23(28)14-13-21-9-5-3-6-10-21;3-1(4)2(5)6/h3-12,20H,13-19H2,1-2H3,(H,26,28);(H,3,4)(H,5,6)/t20-,25?;/m1./s1. The number of methoxy groups -OCH3 is 1. The number of carboxylic acid groups (broad SMARTS) is 2. The van der Waals surface area contributed by atoms with Crippen molar-refractivity contribution in [1.29, 1.82) is 0 Å². The Balaban J connectivity index is 0.000000678. The van der Waals surface area contributed by atoms with Crippen LogP contribution in [0.1, 0.15) is 30.9 Å². The normalized spacial score (nSPS) is 20.8. The van der Waals surface area contributed by atoms with Crippen molar-refractivity contribution in [2.75, 3.05) is 26.7 Å². The predicted octanol–water partition coefficient (Wildman–Crippen LogP) is -0.364. The lowest BCUT2D eigenvalue weighted by Crippen LogP contribution is -3.15. The van der Waals surface area contributed by atoms with Crippen LogP contribution in [0.5, 0.6) is 0 Å². The third-order valence-corrected chi connectivity index (χ3v) is 6.49. The average Bonchev–Trinajstić information content (AvgIpc) is 2.88. The number of rotatable bonds is 8. The molecule has 0 aliphatic carbocycles. The molecule has 0 spiro atoms. The quantitative estimate of drug-likeness (QED) is 0.334. The molecule has 1 amide bonds. The smallest absolute Gasteiger partial charge is 0.351 e. The molecule has 194 valence electrons. The van der Waals surface area contributed by atoms with Gasteiger partial charge in [-0.3, -0.25) is 4.79 Å². The lowest BCUT2D eigenvalue weighted by Gasteiger charge is -2.42. The van der Waals surface area contributed by atoms with E-state index in [2.05, 4.69) is 36.5 Å². The van der Waals surface area contributed by atoms with E-state index in [9.17, 15) is 9.59 Å². The van der Waals surface area contributed by atoms with E-state index < -0.39 is 17.5 Å². The molecule has 2 unspecified atom stereocenters. The summed E-state index contributed by atoms with van der Waals surface area (Å²) in [5.41, 5.74) is 1.52. The van der Waals surface area contributed by atoms with E-state index in [0.29, 0.717) is 19.3 Å². The maximum atomic E-state index is 12.7. The van der Waals surface area contributed by atoms with Gasteiger partial charge in [-0.15, -0.1) is 0 Å². The van der Waals surface area contributed by atoms with Gasteiger partial charge in [0.05, 0.1) is 26.7 Å². The highest BCUT2D eigenvalue weighted by Gasteiger charge is 2.50. The topological polar surface area (TPSA) is 137 Å². The van der Waals surface area contributed by atoms with Gasteiger partial charge in [-0.2, -0.15) is 0 Å². The second-order valence-electron chi connectivity index (χ2n) is 8.93. The third-order valence-electron chi connectivity index (χ3n) is 6.49. The molecule has 2 aromatic rings. The van der Waals surface area contributed by atoms with E-state index in [4.69, 9.17) is 24.5 Å². The van der Waals surface area contributed by atoms with E-state index in [-0.39, 0.29) is 17.8 Å². The highest BCUT2D eigenvalue weighted by atomic mass is 16.5. The van der Waals surface area contributed by atoms with Crippen LogP contribution < -0.4 is 15.3 Å². The minimum absolute atomic E-state index is 0.00477. The Morgan fingerprint density at radius 1 is 1.03 bits per heavy atom. The van der Waals surface area contributed by atoms with Gasteiger partial charge in [-0.1, -0.05) is 67.6 Å². The van der Waals surface area contributed by atoms with E-state index >= 15 is 0 Å². The molecular weight excluding hydrogens is 464 g/mol. The van der Waals surface area contributed by atoms with Crippen LogP contribution in [0.25, 0.3) is 0 Å². The number of esters is 1. The van der Waals surface area contributed by atoms with Crippen molar-refractivity contribution in [3.8, 4) is 0 Å². The number of hydrogen-bond donors (Lipinski definition) is 3. The van der Waals surface area contributed by atoms with Gasteiger partial charge in [0.1, 0.15) is 0 Å². The molecule has 1 aliphatic rings. The van der Waals surface area contributed by atoms with Crippen molar-refractivity contribution in [2.24, 2.45) is 5.92 Å². The molecule has 0 saturated carbocycles. The molecule has 3 rings (SSSR count). The van der Waals surface area contributed by atoms with Crippen LogP contribution in [0.2, 0.25) is 0 Å². The summed E-state index contributed by atoms with van der Waals surface area (Å²) in [5.74, 6) is -4.43. The van der Waals surface area contributed by atoms with Crippen LogP contribution >= 0.6 is 0 Å². The molecule has 0 radical (unpaired) electrons. The van der Waals surface area contributed by atoms with Gasteiger partial charge in [0.25, 0.3) is 0 Å². The van der Waals surface area contributed by atoms with Crippen LogP contribution in [-0.2, 0) is 36.8 Å². The number of amides is 1. The zero-order valence-electron chi connectivity index (χ0n) is 20.7. The molecule has 9 heteroatoms. The predicted molar refractivity (Wildman–Crippen MR) is 130 cm³/mol. The summed E-state index contributed by atoms with van der Waals surface area (Å²) < 4.78 is 5.13. The first-order valence-electron chi connectivity index (χ1n) is 11.9. The zero-order valence-corrected chi connectivity index (χ0v) is 20.7. The second-order valence-corrected chi connectivity index (χ2v) is 8.93. The first kappa shape index (κ1) is 28.5. The minimum Gasteiger partial charge on any atom is -0.539 e. The number of carboxylic acids is 2. The summed E-state index contributed by atoms with van der Waals surface area (Å²) in [6.45, 7) is 4.75. The number of aryl methyl sites for hydroxylation is 1. The number of ether oxygens (including phenoxy) is 1. The lowest BCUT2D eigenvalue weighted by atomic mass is 9.78. The third kappa shape index (κ3) is 8.49. The molecule has 0 bridgehead atoms. The molecule has 3 N–H and O–H groups in total. The van der Waals surface area contributed by atoms with Crippen molar-refractivity contribution >= 4 is 23.8 Å². The van der Waals surface area contributed by atoms with Crippen molar-refractivity contribution in [1.82, 2.24) is 5.32 Å². The fraction of sp³-hybridized carbons (Fsp3) is 0.407. The lowest BCUT2D eigenvalue weighted by molar-refractivity contribution is -0.909. The first-order chi connectivity index (χ1) is 17.2. The number of aliphatic carboxylic acids is 2. The Bertz CT molecular complexity index is 1000. The maximum Gasteiger partial charge on any atom is 0.351 e. The molecule has 36 heavy (non-hydrogen) atoms. The molecule has 1 fully saturated rings. The monoisotopic (exact) mass is 498 g/mol. The molecule has 2 aromatic carbocycles. The Morgan fingerprint density at radius 3 is 2.03 bits per heavy atom. The van der Waals surface area contributed by atoms with Gasteiger partial charge in [0, 0.05) is 25.2 Å². The van der Waals surface area contributed by atoms with Crippen LogP contribution in [0.4, 0.5) is 0 Å². The van der Waals surface area contributed by atoms with Gasteiger partial charge in [0.2, 0.25) is 5.91 Å². The number of benzene rings is 2. The fourth-order valence-electron chi connectivity index (χ4n) is 4.46. The Kier molecular flexibility index (Phi) is 11.1. The summed E-state index contributed by atoms with van der Waals surface area (Å²) in [5, 5.41) is 19.4. The molecule has 1 heterocycles. The summed E-state index contributed by atoms with van der Waals surface area (Å²) in [6.07, 6.45) is 2.63. The van der Waals surface area contributed by atoms with Gasteiger partial charge in [0.15, 0.2) is 11.5 Å². The molecule has 1 saturated heterocycles. The number of likely N-dealkylation sites (tertiary alicyclic amines) is 1. The highest BCUT2D eigenvalue weighted by molar-refractivity contribution is 6.26. The zero-order chi connectivity index (χ0) is 26.6. The number of nitrogens with one attached hydrogen (secondary N) is 2. The Labute approximate surface area is 211 Å². The van der Waals surface area contributed by atoms with Crippen molar-refractivity contribution in [3.63, 3.8) is 0 Å². The largest absolute Gasteiger partial charge is 0.539 e. The number of hydrogen-bond acceptors (Lipinski definition) is 6. The Hall–Kier alpha value is -3.72. The molecular formula is C27H34N2O7. The van der Waals surface area contributed by atoms with Crippen LogP contribution in [0.3, 0.4) is 0 Å². The maximum absolute atomic E-state index is 12.7. The molecule has 1 aliphatic heterocycles. The van der Waals surface area contributed by atoms with Crippen LogP contribution in [0.15, 0.2) is 60.7 Å².